The highest BCUT2D eigenvalue weighted by atomic mass is 35.5. The van der Waals surface area contributed by atoms with Gasteiger partial charge < -0.3 is 0 Å². The molecule has 0 nitrogen and oxygen atoms in total. The summed E-state index contributed by atoms with van der Waals surface area (Å²) in [6.45, 7) is 4.59. The van der Waals surface area contributed by atoms with E-state index in [-0.39, 0.29) is 4.87 Å². The number of unbranched alkanes of at least 4 members (excludes halogenated alkanes) is 18. The summed E-state index contributed by atoms with van der Waals surface area (Å²) in [5.41, 5.74) is 1.34. The molecule has 186 valence electrons. The number of alkyl halides is 1. The number of benzene rings is 1. The molecule has 0 amide bonds. The standard InChI is InChI=1S/C31H55Cl/c1-3-5-7-9-11-13-15-17-19-24-28-31(32,30-26-22-21-23-27-30)29-25-20-18-16-14-12-10-8-6-4-2/h21-23,26-27H,3-20,24-25,28-29H2,1-2H3. The van der Waals surface area contributed by atoms with E-state index in [0.29, 0.717) is 0 Å². The molecular formula is C31H55Cl. The molecule has 0 fully saturated rings. The number of hydrogen-bond donors (Lipinski definition) is 0. The second-order valence-electron chi connectivity index (χ2n) is 10.2. The van der Waals surface area contributed by atoms with E-state index < -0.39 is 0 Å². The second kappa shape index (κ2) is 21.1. The van der Waals surface area contributed by atoms with E-state index in [1.807, 2.05) is 0 Å². The number of halogens is 1. The first kappa shape index (κ1) is 29.5. The Kier molecular flexibility index (Phi) is 19.5. The lowest BCUT2D eigenvalue weighted by molar-refractivity contribution is 0.442. The zero-order valence-electron chi connectivity index (χ0n) is 21.8. The van der Waals surface area contributed by atoms with Gasteiger partial charge in [-0.15, -0.1) is 11.6 Å². The zero-order chi connectivity index (χ0) is 23.2. The summed E-state index contributed by atoms with van der Waals surface area (Å²) in [6, 6.07) is 10.9. The largest absolute Gasteiger partial charge is 0.114 e. The Morgan fingerprint density at radius 3 is 1.12 bits per heavy atom. The van der Waals surface area contributed by atoms with Crippen molar-refractivity contribution in [2.75, 3.05) is 0 Å². The molecule has 32 heavy (non-hydrogen) atoms. The fraction of sp³-hybridized carbons (Fsp3) is 0.806. The minimum absolute atomic E-state index is 0.151. The summed E-state index contributed by atoms with van der Waals surface area (Å²) in [5.74, 6) is 0. The summed E-state index contributed by atoms with van der Waals surface area (Å²) >= 11 is 7.29. The van der Waals surface area contributed by atoms with Crippen LogP contribution in [0.2, 0.25) is 0 Å². The van der Waals surface area contributed by atoms with Crippen molar-refractivity contribution >= 4 is 11.6 Å². The molecule has 0 unspecified atom stereocenters. The molecule has 1 rings (SSSR count). The molecule has 0 radical (unpaired) electrons. The van der Waals surface area contributed by atoms with Crippen LogP contribution in [0, 0.1) is 0 Å². The SMILES string of the molecule is CCCCCCCCCCCCC(Cl)(CCCCCCCCCCCC)c1ccccc1. The normalized spacial score (nSPS) is 11.8. The predicted octanol–water partition coefficient (Wildman–Crippen LogP) is 11.7. The van der Waals surface area contributed by atoms with Crippen LogP contribution in [0.1, 0.15) is 161 Å². The van der Waals surface area contributed by atoms with Crippen molar-refractivity contribution in [1.82, 2.24) is 0 Å². The van der Waals surface area contributed by atoms with E-state index in [9.17, 15) is 0 Å². The molecule has 0 N–H and O–H groups in total. The first-order chi connectivity index (χ1) is 15.7. The van der Waals surface area contributed by atoms with E-state index in [1.165, 1.54) is 134 Å². The van der Waals surface area contributed by atoms with Gasteiger partial charge in [0, 0.05) is 0 Å². The van der Waals surface area contributed by atoms with Gasteiger partial charge in [0.15, 0.2) is 0 Å². The van der Waals surface area contributed by atoms with Crippen LogP contribution in [0.4, 0.5) is 0 Å². The molecule has 0 aromatic heterocycles. The van der Waals surface area contributed by atoms with Crippen molar-refractivity contribution in [2.45, 2.75) is 160 Å². The van der Waals surface area contributed by atoms with E-state index in [0.717, 1.165) is 12.8 Å². The number of rotatable bonds is 23. The molecule has 1 aromatic rings. The maximum Gasteiger partial charge on any atom is 0.0695 e. The smallest absolute Gasteiger partial charge is 0.0695 e. The van der Waals surface area contributed by atoms with E-state index in [2.05, 4.69) is 44.2 Å². The highest BCUT2D eigenvalue weighted by Crippen LogP contribution is 2.39. The Morgan fingerprint density at radius 2 is 0.781 bits per heavy atom. The highest BCUT2D eigenvalue weighted by Gasteiger charge is 2.28. The monoisotopic (exact) mass is 462 g/mol. The lowest BCUT2D eigenvalue weighted by atomic mass is 9.87. The summed E-state index contributed by atoms with van der Waals surface area (Å²) in [6.07, 6.45) is 30.0. The second-order valence-corrected chi connectivity index (χ2v) is 10.9. The first-order valence-corrected chi connectivity index (χ1v) is 14.8. The molecule has 1 heteroatoms. The third kappa shape index (κ3) is 15.4. The maximum atomic E-state index is 7.29. The van der Waals surface area contributed by atoms with Crippen molar-refractivity contribution in [3.05, 3.63) is 35.9 Å². The first-order valence-electron chi connectivity index (χ1n) is 14.5. The van der Waals surface area contributed by atoms with Gasteiger partial charge in [0.1, 0.15) is 0 Å². The molecule has 0 bridgehead atoms. The van der Waals surface area contributed by atoms with Gasteiger partial charge in [-0.05, 0) is 18.4 Å². The van der Waals surface area contributed by atoms with Gasteiger partial charge in [0.05, 0.1) is 4.87 Å². The Balaban J connectivity index is 2.21. The predicted molar refractivity (Wildman–Crippen MR) is 147 cm³/mol. The van der Waals surface area contributed by atoms with Crippen molar-refractivity contribution in [3.63, 3.8) is 0 Å². The van der Waals surface area contributed by atoms with Crippen LogP contribution in [0.25, 0.3) is 0 Å². The molecule has 0 saturated carbocycles. The highest BCUT2D eigenvalue weighted by molar-refractivity contribution is 6.24. The van der Waals surface area contributed by atoms with Crippen LogP contribution in [0.5, 0.6) is 0 Å². The maximum absolute atomic E-state index is 7.29. The molecule has 1 aromatic carbocycles. The Bertz CT molecular complexity index is 470. The fourth-order valence-corrected chi connectivity index (χ4v) is 5.33. The van der Waals surface area contributed by atoms with Crippen LogP contribution in [-0.2, 0) is 4.87 Å². The summed E-state index contributed by atoms with van der Waals surface area (Å²) in [4.78, 5) is -0.151. The van der Waals surface area contributed by atoms with Crippen molar-refractivity contribution in [1.29, 1.82) is 0 Å². The van der Waals surface area contributed by atoms with Gasteiger partial charge in [0.2, 0.25) is 0 Å². The summed E-state index contributed by atoms with van der Waals surface area (Å²) in [5, 5.41) is 0. The minimum Gasteiger partial charge on any atom is -0.114 e. The summed E-state index contributed by atoms with van der Waals surface area (Å²) in [7, 11) is 0. The molecule has 0 atom stereocenters. The van der Waals surface area contributed by atoms with Crippen LogP contribution in [-0.4, -0.2) is 0 Å². The molecule has 0 spiro atoms. The van der Waals surface area contributed by atoms with Crippen molar-refractivity contribution in [3.8, 4) is 0 Å². The summed E-state index contributed by atoms with van der Waals surface area (Å²) < 4.78 is 0. The third-order valence-electron chi connectivity index (χ3n) is 7.14. The number of hydrogen-bond acceptors (Lipinski definition) is 0. The van der Waals surface area contributed by atoms with Crippen LogP contribution in [0.15, 0.2) is 30.3 Å². The van der Waals surface area contributed by atoms with Gasteiger partial charge in [-0.2, -0.15) is 0 Å². The minimum atomic E-state index is -0.151. The van der Waals surface area contributed by atoms with E-state index in [4.69, 9.17) is 11.6 Å². The van der Waals surface area contributed by atoms with E-state index >= 15 is 0 Å². The van der Waals surface area contributed by atoms with Crippen LogP contribution in [0.3, 0.4) is 0 Å². The van der Waals surface area contributed by atoms with Gasteiger partial charge in [-0.25, -0.2) is 0 Å². The average molecular weight is 463 g/mol. The molecule has 0 aliphatic carbocycles. The van der Waals surface area contributed by atoms with Crippen molar-refractivity contribution < 1.29 is 0 Å². The molecular weight excluding hydrogens is 408 g/mol. The Hall–Kier alpha value is -0.490. The van der Waals surface area contributed by atoms with Gasteiger partial charge >= 0.3 is 0 Å². The molecule has 0 aliphatic heterocycles. The zero-order valence-corrected chi connectivity index (χ0v) is 22.6. The lowest BCUT2D eigenvalue weighted by Crippen LogP contribution is -2.19. The Morgan fingerprint density at radius 1 is 0.469 bits per heavy atom. The quantitative estimate of drug-likeness (QED) is 0.112. The molecule has 0 saturated heterocycles. The molecule has 0 heterocycles. The Labute approximate surface area is 207 Å². The van der Waals surface area contributed by atoms with Crippen LogP contribution < -0.4 is 0 Å². The third-order valence-corrected chi connectivity index (χ3v) is 7.74. The van der Waals surface area contributed by atoms with Gasteiger partial charge in [0.25, 0.3) is 0 Å². The topological polar surface area (TPSA) is 0 Å². The van der Waals surface area contributed by atoms with E-state index in [1.54, 1.807) is 0 Å². The lowest BCUT2D eigenvalue weighted by Gasteiger charge is -2.28. The molecule has 0 aliphatic rings. The van der Waals surface area contributed by atoms with Crippen LogP contribution >= 0.6 is 11.6 Å². The van der Waals surface area contributed by atoms with Crippen molar-refractivity contribution in [2.24, 2.45) is 0 Å². The van der Waals surface area contributed by atoms with Gasteiger partial charge in [-0.1, -0.05) is 173 Å². The average Bonchev–Trinajstić information content (AvgIpc) is 2.82. The fourth-order valence-electron chi connectivity index (χ4n) is 4.94. The van der Waals surface area contributed by atoms with Gasteiger partial charge in [-0.3, -0.25) is 0 Å².